The SMILES string of the molecule is Cc1oc(CN)cc1CN1CCN(CCN(C)C)CC1. The zero-order valence-corrected chi connectivity index (χ0v) is 13.1. The van der Waals surface area contributed by atoms with E-state index in [1.807, 2.05) is 6.92 Å². The van der Waals surface area contributed by atoms with Crippen molar-refractivity contribution in [2.24, 2.45) is 5.73 Å². The summed E-state index contributed by atoms with van der Waals surface area (Å²) in [6, 6.07) is 2.10. The maximum absolute atomic E-state index is 5.62. The van der Waals surface area contributed by atoms with Crippen LogP contribution in [0.3, 0.4) is 0 Å². The quantitative estimate of drug-likeness (QED) is 0.832. The average molecular weight is 280 g/mol. The molecule has 0 spiro atoms. The number of nitrogens with zero attached hydrogens (tertiary/aromatic N) is 3. The molecule has 0 radical (unpaired) electrons. The first-order valence-corrected chi connectivity index (χ1v) is 7.46. The molecule has 2 rings (SSSR count). The highest BCUT2D eigenvalue weighted by atomic mass is 16.3. The summed E-state index contributed by atoms with van der Waals surface area (Å²) in [6.45, 7) is 10.4. The lowest BCUT2D eigenvalue weighted by Crippen LogP contribution is -2.47. The monoisotopic (exact) mass is 280 g/mol. The third kappa shape index (κ3) is 4.31. The summed E-state index contributed by atoms with van der Waals surface area (Å²) < 4.78 is 5.62. The molecule has 5 heteroatoms. The fourth-order valence-corrected chi connectivity index (χ4v) is 2.60. The summed E-state index contributed by atoms with van der Waals surface area (Å²) in [5.41, 5.74) is 6.91. The van der Waals surface area contributed by atoms with Crippen molar-refractivity contribution in [1.82, 2.24) is 14.7 Å². The van der Waals surface area contributed by atoms with Crippen LogP contribution in [0.25, 0.3) is 0 Å². The average Bonchev–Trinajstić information content (AvgIpc) is 2.78. The van der Waals surface area contributed by atoms with E-state index in [2.05, 4.69) is 34.9 Å². The first kappa shape index (κ1) is 15.5. The van der Waals surface area contributed by atoms with Crippen LogP contribution in [-0.4, -0.2) is 68.1 Å². The molecular formula is C15H28N4O. The van der Waals surface area contributed by atoms with Crippen LogP contribution >= 0.6 is 0 Å². The van der Waals surface area contributed by atoms with E-state index in [4.69, 9.17) is 10.2 Å². The van der Waals surface area contributed by atoms with E-state index in [-0.39, 0.29) is 0 Å². The molecule has 114 valence electrons. The van der Waals surface area contributed by atoms with Crippen LogP contribution in [0.1, 0.15) is 17.1 Å². The minimum atomic E-state index is 0.485. The second-order valence-corrected chi connectivity index (χ2v) is 5.92. The van der Waals surface area contributed by atoms with Gasteiger partial charge in [-0.3, -0.25) is 9.80 Å². The topological polar surface area (TPSA) is 48.9 Å². The maximum atomic E-state index is 5.62. The molecule has 1 aromatic rings. The van der Waals surface area contributed by atoms with Crippen LogP contribution in [0.4, 0.5) is 0 Å². The standard InChI is InChI=1S/C15H28N4O/c1-13-14(10-15(11-16)20-13)12-19-8-6-18(7-9-19)5-4-17(2)3/h10H,4-9,11-12,16H2,1-3H3. The number of piperazine rings is 1. The second-order valence-electron chi connectivity index (χ2n) is 5.92. The number of rotatable bonds is 6. The molecule has 0 unspecified atom stereocenters. The fraction of sp³-hybridized carbons (Fsp3) is 0.733. The first-order chi connectivity index (χ1) is 9.58. The third-order valence-corrected chi connectivity index (χ3v) is 4.00. The van der Waals surface area contributed by atoms with Crippen molar-refractivity contribution in [3.63, 3.8) is 0 Å². The molecule has 0 aliphatic carbocycles. The number of hydrogen-bond donors (Lipinski definition) is 1. The number of aryl methyl sites for hydroxylation is 1. The van der Waals surface area contributed by atoms with Gasteiger partial charge in [-0.25, -0.2) is 0 Å². The molecular weight excluding hydrogens is 252 g/mol. The van der Waals surface area contributed by atoms with E-state index >= 15 is 0 Å². The van der Waals surface area contributed by atoms with Crippen molar-refractivity contribution in [1.29, 1.82) is 0 Å². The smallest absolute Gasteiger partial charge is 0.118 e. The zero-order chi connectivity index (χ0) is 14.5. The zero-order valence-electron chi connectivity index (χ0n) is 13.1. The van der Waals surface area contributed by atoms with Gasteiger partial charge in [0, 0.05) is 51.4 Å². The summed E-state index contributed by atoms with van der Waals surface area (Å²) >= 11 is 0. The Morgan fingerprint density at radius 3 is 2.40 bits per heavy atom. The van der Waals surface area contributed by atoms with Gasteiger partial charge in [0.15, 0.2) is 0 Å². The number of nitrogens with two attached hydrogens (primary N) is 1. The highest BCUT2D eigenvalue weighted by molar-refractivity contribution is 5.20. The molecule has 0 atom stereocenters. The van der Waals surface area contributed by atoms with Crippen LogP contribution < -0.4 is 5.73 Å². The number of hydrogen-bond acceptors (Lipinski definition) is 5. The Morgan fingerprint density at radius 1 is 1.20 bits per heavy atom. The third-order valence-electron chi connectivity index (χ3n) is 4.00. The van der Waals surface area contributed by atoms with Crippen LogP contribution in [0, 0.1) is 6.92 Å². The van der Waals surface area contributed by atoms with Gasteiger partial charge in [-0.05, 0) is 27.1 Å². The maximum Gasteiger partial charge on any atom is 0.118 e. The van der Waals surface area contributed by atoms with Gasteiger partial charge in [-0.2, -0.15) is 0 Å². The molecule has 0 amide bonds. The lowest BCUT2D eigenvalue weighted by atomic mass is 10.2. The van der Waals surface area contributed by atoms with Crippen LogP contribution in [0.5, 0.6) is 0 Å². The van der Waals surface area contributed by atoms with Gasteiger partial charge in [-0.15, -0.1) is 0 Å². The molecule has 1 saturated heterocycles. The minimum absolute atomic E-state index is 0.485. The molecule has 1 fully saturated rings. The van der Waals surface area contributed by atoms with Crippen molar-refractivity contribution < 1.29 is 4.42 Å². The molecule has 0 aromatic carbocycles. The molecule has 5 nitrogen and oxygen atoms in total. The van der Waals surface area contributed by atoms with Gasteiger partial charge in [0.1, 0.15) is 11.5 Å². The Kier molecular flexibility index (Phi) is 5.60. The highest BCUT2D eigenvalue weighted by Gasteiger charge is 2.18. The van der Waals surface area contributed by atoms with Gasteiger partial charge in [0.25, 0.3) is 0 Å². The molecule has 2 heterocycles. The highest BCUT2D eigenvalue weighted by Crippen LogP contribution is 2.17. The van der Waals surface area contributed by atoms with E-state index in [1.54, 1.807) is 0 Å². The van der Waals surface area contributed by atoms with Crippen molar-refractivity contribution in [2.45, 2.75) is 20.0 Å². The summed E-state index contributed by atoms with van der Waals surface area (Å²) in [5, 5.41) is 0. The predicted octanol–water partition coefficient (Wildman–Crippen LogP) is 0.726. The Bertz CT molecular complexity index is 408. The summed E-state index contributed by atoms with van der Waals surface area (Å²) in [4.78, 5) is 7.30. The molecule has 1 aliphatic rings. The van der Waals surface area contributed by atoms with Crippen molar-refractivity contribution in [3.05, 3.63) is 23.2 Å². The molecule has 0 saturated carbocycles. The van der Waals surface area contributed by atoms with E-state index in [0.29, 0.717) is 6.54 Å². The van der Waals surface area contributed by atoms with Crippen LogP contribution in [0.2, 0.25) is 0 Å². The van der Waals surface area contributed by atoms with Gasteiger partial charge in [0.05, 0.1) is 6.54 Å². The molecule has 1 aromatic heterocycles. The lowest BCUT2D eigenvalue weighted by Gasteiger charge is -2.35. The predicted molar refractivity (Wildman–Crippen MR) is 81.6 cm³/mol. The molecule has 1 aliphatic heterocycles. The molecule has 20 heavy (non-hydrogen) atoms. The Morgan fingerprint density at radius 2 is 1.85 bits per heavy atom. The number of furan rings is 1. The van der Waals surface area contributed by atoms with E-state index in [0.717, 1.165) is 50.8 Å². The minimum Gasteiger partial charge on any atom is -0.465 e. The normalized spacial score (nSPS) is 18.1. The number of likely N-dealkylation sites (N-methyl/N-ethyl adjacent to an activating group) is 1. The van der Waals surface area contributed by atoms with Gasteiger partial charge < -0.3 is 15.1 Å². The molecule has 0 bridgehead atoms. The summed E-state index contributed by atoms with van der Waals surface area (Å²) in [7, 11) is 4.26. The van der Waals surface area contributed by atoms with Gasteiger partial charge >= 0.3 is 0 Å². The summed E-state index contributed by atoms with van der Waals surface area (Å²) in [6.07, 6.45) is 0. The Hall–Kier alpha value is -0.880. The second kappa shape index (κ2) is 7.22. The van der Waals surface area contributed by atoms with Crippen LogP contribution in [-0.2, 0) is 13.1 Å². The largest absolute Gasteiger partial charge is 0.465 e. The molecule has 2 N–H and O–H groups in total. The van der Waals surface area contributed by atoms with Crippen molar-refractivity contribution in [3.8, 4) is 0 Å². The summed E-state index contributed by atoms with van der Waals surface area (Å²) in [5.74, 6) is 1.91. The van der Waals surface area contributed by atoms with Gasteiger partial charge in [-0.1, -0.05) is 0 Å². The Labute approximate surface area is 122 Å². The van der Waals surface area contributed by atoms with Gasteiger partial charge in [0.2, 0.25) is 0 Å². The Balaban J connectivity index is 1.77. The lowest BCUT2D eigenvalue weighted by molar-refractivity contribution is 0.120. The van der Waals surface area contributed by atoms with Crippen molar-refractivity contribution >= 4 is 0 Å². The van der Waals surface area contributed by atoms with E-state index in [9.17, 15) is 0 Å². The first-order valence-electron chi connectivity index (χ1n) is 7.46. The fourth-order valence-electron chi connectivity index (χ4n) is 2.60. The van der Waals surface area contributed by atoms with Crippen molar-refractivity contribution in [2.75, 3.05) is 53.4 Å². The van der Waals surface area contributed by atoms with E-state index < -0.39 is 0 Å². The van der Waals surface area contributed by atoms with Crippen LogP contribution in [0.15, 0.2) is 10.5 Å². The van der Waals surface area contributed by atoms with E-state index in [1.165, 1.54) is 12.1 Å².